The van der Waals surface area contributed by atoms with Gasteiger partial charge < -0.3 is 15.9 Å². The number of benzene rings is 2. The first-order valence-corrected chi connectivity index (χ1v) is 7.42. The summed E-state index contributed by atoms with van der Waals surface area (Å²) in [7, 11) is 0. The third-order valence-electron chi connectivity index (χ3n) is 3.60. The average molecular weight is 323 g/mol. The second-order valence-electron chi connectivity index (χ2n) is 5.11. The number of nitrogens with zero attached hydrogens (tertiary/aromatic N) is 2. The lowest BCUT2D eigenvalue weighted by atomic mass is 10.0. The van der Waals surface area contributed by atoms with Crippen LogP contribution in [0.2, 0.25) is 0 Å². The molecule has 0 bridgehead atoms. The first-order chi connectivity index (χ1) is 11.7. The van der Waals surface area contributed by atoms with Crippen molar-refractivity contribution in [1.29, 1.82) is 0 Å². The molecule has 0 radical (unpaired) electrons. The number of hydrogen-bond acceptors (Lipinski definition) is 7. The maximum Gasteiger partial charge on any atom is 0.222 e. The van der Waals surface area contributed by atoms with E-state index in [0.29, 0.717) is 29.3 Å². The van der Waals surface area contributed by atoms with Crippen LogP contribution in [0.4, 0.5) is 11.8 Å². The van der Waals surface area contributed by atoms with Gasteiger partial charge in [0.2, 0.25) is 5.95 Å². The number of nitrogens with one attached hydrogen (secondary N) is 1. The highest BCUT2D eigenvalue weighted by Crippen LogP contribution is 2.34. The molecule has 7 heteroatoms. The molecule has 122 valence electrons. The molecule has 3 rings (SSSR count). The summed E-state index contributed by atoms with van der Waals surface area (Å²) in [6, 6.07) is 10.9. The highest BCUT2D eigenvalue weighted by atomic mass is 16.5. The monoisotopic (exact) mass is 323 g/mol. The number of carbonyl (C=O) groups is 1. The molecule has 7 nitrogen and oxygen atoms in total. The molecule has 0 fully saturated rings. The number of rotatable bonds is 5. The molecule has 0 atom stereocenters. The van der Waals surface area contributed by atoms with E-state index >= 15 is 0 Å². The Hall–Kier alpha value is -3.19. The minimum Gasteiger partial charge on any atom is -0.493 e. The lowest BCUT2D eigenvalue weighted by Crippen LogP contribution is -2.11. The fourth-order valence-electron chi connectivity index (χ4n) is 2.55. The van der Waals surface area contributed by atoms with Gasteiger partial charge in [0.1, 0.15) is 12.0 Å². The number of anilines is 2. The van der Waals surface area contributed by atoms with Crippen molar-refractivity contribution in [3.05, 3.63) is 42.0 Å². The Labute approximate surface area is 138 Å². The maximum absolute atomic E-state index is 11.1. The molecule has 5 N–H and O–H groups in total. The SMILES string of the molecule is CCOc1ccc(C=O)cc1-c1ccc2nc(N)nc(NN)c2c1. The lowest BCUT2D eigenvalue weighted by Gasteiger charge is -2.12. The molecule has 0 spiro atoms. The number of ether oxygens (including phenoxy) is 1. The topological polar surface area (TPSA) is 116 Å². The zero-order valence-electron chi connectivity index (χ0n) is 13.1. The van der Waals surface area contributed by atoms with Crippen molar-refractivity contribution in [3.8, 4) is 16.9 Å². The summed E-state index contributed by atoms with van der Waals surface area (Å²) in [5.74, 6) is 6.80. The van der Waals surface area contributed by atoms with Gasteiger partial charge in [0, 0.05) is 16.5 Å². The van der Waals surface area contributed by atoms with Gasteiger partial charge in [0.15, 0.2) is 5.82 Å². The van der Waals surface area contributed by atoms with Crippen LogP contribution in [0.1, 0.15) is 17.3 Å². The number of hydrogen-bond donors (Lipinski definition) is 3. The molecule has 0 unspecified atom stereocenters. The molecule has 24 heavy (non-hydrogen) atoms. The quantitative estimate of drug-likeness (QED) is 0.375. The lowest BCUT2D eigenvalue weighted by molar-refractivity contribution is 0.112. The number of carbonyl (C=O) groups excluding carboxylic acids is 1. The molecule has 0 aliphatic rings. The third kappa shape index (κ3) is 2.84. The van der Waals surface area contributed by atoms with Crippen molar-refractivity contribution < 1.29 is 9.53 Å². The summed E-state index contributed by atoms with van der Waals surface area (Å²) in [6.07, 6.45) is 0.803. The predicted octanol–water partition coefficient (Wildman–Crippen LogP) is 2.38. The standard InChI is InChI=1S/C17H17N5O2/c1-2-24-15-6-3-10(9-23)7-12(15)11-4-5-14-13(8-11)16(22-19)21-17(18)20-14/h3-9H,2,19H2,1H3,(H3,18,20,21,22). The molecule has 0 aliphatic carbocycles. The van der Waals surface area contributed by atoms with E-state index in [2.05, 4.69) is 15.4 Å². The van der Waals surface area contributed by atoms with Crippen LogP contribution in [0.25, 0.3) is 22.0 Å². The Balaban J connectivity index is 2.22. The molecular weight excluding hydrogens is 306 g/mol. The van der Waals surface area contributed by atoms with E-state index in [1.165, 1.54) is 0 Å². The van der Waals surface area contributed by atoms with Gasteiger partial charge in [-0.15, -0.1) is 0 Å². The molecule has 2 aromatic carbocycles. The Bertz CT molecular complexity index is 911. The normalized spacial score (nSPS) is 10.6. The number of hydrazine groups is 1. The Morgan fingerprint density at radius 1 is 1.21 bits per heavy atom. The van der Waals surface area contributed by atoms with E-state index < -0.39 is 0 Å². The Kier molecular flexibility index (Phi) is 4.26. The second-order valence-corrected chi connectivity index (χ2v) is 5.11. The smallest absolute Gasteiger partial charge is 0.222 e. The van der Waals surface area contributed by atoms with Gasteiger partial charge in [0.25, 0.3) is 0 Å². The summed E-state index contributed by atoms with van der Waals surface area (Å²) in [5.41, 5.74) is 11.1. The fraction of sp³-hybridized carbons (Fsp3) is 0.118. The Morgan fingerprint density at radius 3 is 2.75 bits per heavy atom. The van der Waals surface area contributed by atoms with Crippen LogP contribution >= 0.6 is 0 Å². The number of nitrogens with two attached hydrogens (primary N) is 2. The van der Waals surface area contributed by atoms with Gasteiger partial charge in [-0.05, 0) is 42.8 Å². The van der Waals surface area contributed by atoms with Crippen LogP contribution in [-0.2, 0) is 0 Å². The van der Waals surface area contributed by atoms with E-state index in [9.17, 15) is 4.79 Å². The highest BCUT2D eigenvalue weighted by molar-refractivity contribution is 5.94. The Morgan fingerprint density at radius 2 is 2.04 bits per heavy atom. The minimum absolute atomic E-state index is 0.140. The van der Waals surface area contributed by atoms with E-state index in [4.69, 9.17) is 16.3 Å². The van der Waals surface area contributed by atoms with Crippen molar-refractivity contribution in [2.45, 2.75) is 6.92 Å². The van der Waals surface area contributed by atoms with E-state index in [1.807, 2.05) is 25.1 Å². The molecule has 3 aromatic rings. The molecule has 1 aromatic heterocycles. The summed E-state index contributed by atoms with van der Waals surface area (Å²) >= 11 is 0. The van der Waals surface area contributed by atoms with Crippen molar-refractivity contribution in [2.75, 3.05) is 17.8 Å². The van der Waals surface area contributed by atoms with Crippen molar-refractivity contribution >= 4 is 29.0 Å². The number of nitrogen functional groups attached to an aromatic ring is 2. The first-order valence-electron chi connectivity index (χ1n) is 7.42. The summed E-state index contributed by atoms with van der Waals surface area (Å²) < 4.78 is 5.67. The first kappa shape index (κ1) is 15.7. The fourth-order valence-corrected chi connectivity index (χ4v) is 2.55. The van der Waals surface area contributed by atoms with Gasteiger partial charge in [-0.3, -0.25) is 4.79 Å². The minimum atomic E-state index is 0.140. The average Bonchev–Trinajstić information content (AvgIpc) is 2.61. The summed E-state index contributed by atoms with van der Waals surface area (Å²) in [4.78, 5) is 19.4. The summed E-state index contributed by atoms with van der Waals surface area (Å²) in [6.45, 7) is 2.43. The van der Waals surface area contributed by atoms with Gasteiger partial charge in [-0.1, -0.05) is 6.07 Å². The number of aromatic nitrogens is 2. The van der Waals surface area contributed by atoms with Gasteiger partial charge >= 0.3 is 0 Å². The third-order valence-corrected chi connectivity index (χ3v) is 3.60. The van der Waals surface area contributed by atoms with E-state index in [-0.39, 0.29) is 5.95 Å². The molecule has 0 saturated carbocycles. The van der Waals surface area contributed by atoms with Crippen LogP contribution in [0.15, 0.2) is 36.4 Å². The van der Waals surface area contributed by atoms with Crippen LogP contribution in [0.5, 0.6) is 5.75 Å². The van der Waals surface area contributed by atoms with Gasteiger partial charge in [-0.25, -0.2) is 10.8 Å². The molecule has 0 aliphatic heterocycles. The van der Waals surface area contributed by atoms with Crippen LogP contribution in [-0.4, -0.2) is 22.9 Å². The van der Waals surface area contributed by atoms with Crippen molar-refractivity contribution in [1.82, 2.24) is 9.97 Å². The number of aldehydes is 1. The van der Waals surface area contributed by atoms with Gasteiger partial charge in [0.05, 0.1) is 12.1 Å². The highest BCUT2D eigenvalue weighted by Gasteiger charge is 2.11. The zero-order valence-corrected chi connectivity index (χ0v) is 13.1. The summed E-state index contributed by atoms with van der Waals surface area (Å²) in [5, 5.41) is 0.725. The molecule has 0 amide bonds. The maximum atomic E-state index is 11.1. The molecule has 1 heterocycles. The molecule has 0 saturated heterocycles. The molecular formula is C17H17N5O2. The van der Waals surface area contributed by atoms with Crippen LogP contribution < -0.4 is 21.7 Å². The zero-order chi connectivity index (χ0) is 17.1. The van der Waals surface area contributed by atoms with E-state index in [0.717, 1.165) is 22.8 Å². The predicted molar refractivity (Wildman–Crippen MR) is 93.8 cm³/mol. The van der Waals surface area contributed by atoms with Crippen LogP contribution in [0, 0.1) is 0 Å². The largest absolute Gasteiger partial charge is 0.493 e. The number of fused-ring (bicyclic) bond motifs is 1. The van der Waals surface area contributed by atoms with E-state index in [1.54, 1.807) is 18.2 Å². The van der Waals surface area contributed by atoms with Crippen LogP contribution in [0.3, 0.4) is 0 Å². The van der Waals surface area contributed by atoms with Gasteiger partial charge in [-0.2, -0.15) is 4.98 Å². The second kappa shape index (κ2) is 6.51. The van der Waals surface area contributed by atoms with Crippen molar-refractivity contribution in [3.63, 3.8) is 0 Å². The van der Waals surface area contributed by atoms with Crippen molar-refractivity contribution in [2.24, 2.45) is 5.84 Å².